The number of benzene rings is 2. The smallest absolute Gasteiger partial charge is 0.287 e. The fourth-order valence-corrected chi connectivity index (χ4v) is 3.64. The minimum Gasteiger partial charge on any atom is -0.495 e. The van der Waals surface area contributed by atoms with Crippen molar-refractivity contribution in [3.63, 3.8) is 0 Å². The first-order valence-corrected chi connectivity index (χ1v) is 9.05. The molecule has 6 heteroatoms. The summed E-state index contributed by atoms with van der Waals surface area (Å²) in [6.07, 6.45) is 3.26. The number of hydrogen-bond donors (Lipinski definition) is 0. The van der Waals surface area contributed by atoms with Gasteiger partial charge >= 0.3 is 0 Å². The van der Waals surface area contributed by atoms with Gasteiger partial charge < -0.3 is 4.74 Å². The van der Waals surface area contributed by atoms with Crippen molar-refractivity contribution in [3.8, 4) is 11.4 Å². The van der Waals surface area contributed by atoms with Crippen molar-refractivity contribution in [1.82, 2.24) is 9.55 Å². The summed E-state index contributed by atoms with van der Waals surface area (Å²) in [6.45, 7) is 2.06. The molecule has 2 aromatic carbocycles. The van der Waals surface area contributed by atoms with Crippen LogP contribution in [-0.4, -0.2) is 16.7 Å². The minimum absolute atomic E-state index is 0.165. The maximum Gasteiger partial charge on any atom is 0.287 e. The molecule has 0 saturated heterocycles. The third-order valence-electron chi connectivity index (χ3n) is 3.85. The molecular weight excluding hydrogens is 356 g/mol. The summed E-state index contributed by atoms with van der Waals surface area (Å²) in [5.41, 5.74) is 2.91. The van der Waals surface area contributed by atoms with Crippen LogP contribution in [0.3, 0.4) is 0 Å². The molecule has 0 aliphatic rings. The highest BCUT2D eigenvalue weighted by Gasteiger charge is 2.10. The SMILES string of the molecule is COc1ccc(-n2ccnc(SCc3ccccc3C)c2=O)cc1Cl. The van der Waals surface area contributed by atoms with Gasteiger partial charge in [0.1, 0.15) is 5.75 Å². The molecule has 128 valence electrons. The summed E-state index contributed by atoms with van der Waals surface area (Å²) in [4.78, 5) is 17.0. The van der Waals surface area contributed by atoms with Gasteiger partial charge in [-0.05, 0) is 36.2 Å². The lowest BCUT2D eigenvalue weighted by Crippen LogP contribution is -2.20. The Kier molecular flexibility index (Phi) is 5.46. The first-order chi connectivity index (χ1) is 12.1. The van der Waals surface area contributed by atoms with Crippen molar-refractivity contribution in [2.24, 2.45) is 0 Å². The molecule has 0 amide bonds. The number of ether oxygens (including phenoxy) is 1. The molecule has 0 fully saturated rings. The van der Waals surface area contributed by atoms with E-state index >= 15 is 0 Å². The number of aromatic nitrogens is 2. The topological polar surface area (TPSA) is 44.1 Å². The van der Waals surface area contributed by atoms with Crippen LogP contribution in [0, 0.1) is 6.92 Å². The Labute approximate surface area is 155 Å². The quantitative estimate of drug-likeness (QED) is 0.619. The highest BCUT2D eigenvalue weighted by atomic mass is 35.5. The predicted molar refractivity (Wildman–Crippen MR) is 102 cm³/mol. The summed E-state index contributed by atoms with van der Waals surface area (Å²) in [5.74, 6) is 1.27. The number of methoxy groups -OCH3 is 1. The minimum atomic E-state index is -0.165. The van der Waals surface area contributed by atoms with Gasteiger partial charge in [0.15, 0.2) is 5.03 Å². The van der Waals surface area contributed by atoms with Gasteiger partial charge in [-0.15, -0.1) is 0 Å². The third-order valence-corrected chi connectivity index (χ3v) is 5.15. The van der Waals surface area contributed by atoms with Crippen LogP contribution in [-0.2, 0) is 5.75 Å². The van der Waals surface area contributed by atoms with Gasteiger partial charge in [0.2, 0.25) is 0 Å². The van der Waals surface area contributed by atoms with E-state index in [1.165, 1.54) is 22.9 Å². The lowest BCUT2D eigenvalue weighted by atomic mass is 10.1. The largest absolute Gasteiger partial charge is 0.495 e. The van der Waals surface area contributed by atoms with E-state index in [4.69, 9.17) is 16.3 Å². The highest BCUT2D eigenvalue weighted by Crippen LogP contribution is 2.26. The molecule has 0 spiro atoms. The zero-order chi connectivity index (χ0) is 17.8. The van der Waals surface area contributed by atoms with Gasteiger partial charge in [-0.2, -0.15) is 0 Å². The van der Waals surface area contributed by atoms with Crippen LogP contribution < -0.4 is 10.3 Å². The third kappa shape index (κ3) is 3.89. The number of nitrogens with zero attached hydrogens (tertiary/aromatic N) is 2. The van der Waals surface area contributed by atoms with E-state index in [2.05, 4.69) is 24.0 Å². The summed E-state index contributed by atoms with van der Waals surface area (Å²) in [7, 11) is 1.56. The average molecular weight is 373 g/mol. The molecule has 3 rings (SSSR count). The Morgan fingerprint density at radius 2 is 2.04 bits per heavy atom. The van der Waals surface area contributed by atoms with Crippen LogP contribution in [0.4, 0.5) is 0 Å². The van der Waals surface area contributed by atoms with Gasteiger partial charge in [0.05, 0.1) is 17.8 Å². The number of thioether (sulfide) groups is 1. The molecule has 25 heavy (non-hydrogen) atoms. The van der Waals surface area contributed by atoms with E-state index in [-0.39, 0.29) is 5.56 Å². The Morgan fingerprint density at radius 3 is 2.76 bits per heavy atom. The highest BCUT2D eigenvalue weighted by molar-refractivity contribution is 7.98. The van der Waals surface area contributed by atoms with E-state index in [9.17, 15) is 4.79 Å². The lowest BCUT2D eigenvalue weighted by molar-refractivity contribution is 0.415. The van der Waals surface area contributed by atoms with E-state index in [1.54, 1.807) is 42.3 Å². The number of hydrogen-bond acceptors (Lipinski definition) is 4. The summed E-state index contributed by atoms with van der Waals surface area (Å²) in [5, 5.41) is 0.913. The molecule has 0 aliphatic heterocycles. The molecule has 0 saturated carbocycles. The summed E-state index contributed by atoms with van der Waals surface area (Å²) < 4.78 is 6.69. The van der Waals surface area contributed by atoms with E-state index in [0.717, 1.165) is 0 Å². The van der Waals surface area contributed by atoms with Gasteiger partial charge in [0, 0.05) is 18.1 Å². The molecule has 3 aromatic rings. The van der Waals surface area contributed by atoms with Crippen molar-refractivity contribution in [1.29, 1.82) is 0 Å². The van der Waals surface area contributed by atoms with Gasteiger partial charge in [-0.1, -0.05) is 47.6 Å². The van der Waals surface area contributed by atoms with Gasteiger partial charge in [-0.3, -0.25) is 9.36 Å². The monoisotopic (exact) mass is 372 g/mol. The lowest BCUT2D eigenvalue weighted by Gasteiger charge is -2.10. The maximum atomic E-state index is 12.7. The Hall–Kier alpha value is -2.24. The molecule has 4 nitrogen and oxygen atoms in total. The molecule has 0 aliphatic carbocycles. The van der Waals surface area contributed by atoms with Gasteiger partial charge in [0.25, 0.3) is 5.56 Å². The molecular formula is C19H17ClN2O2S. The molecule has 0 N–H and O–H groups in total. The number of aryl methyl sites for hydroxylation is 1. The molecule has 0 atom stereocenters. The first kappa shape index (κ1) is 17.6. The number of halogens is 1. The fourth-order valence-electron chi connectivity index (χ4n) is 2.42. The van der Waals surface area contributed by atoms with Crippen LogP contribution >= 0.6 is 23.4 Å². The zero-order valence-electron chi connectivity index (χ0n) is 13.9. The summed E-state index contributed by atoms with van der Waals surface area (Å²) in [6, 6.07) is 13.4. The van der Waals surface area contributed by atoms with E-state index in [0.29, 0.717) is 27.2 Å². The molecule has 0 radical (unpaired) electrons. The zero-order valence-corrected chi connectivity index (χ0v) is 15.5. The van der Waals surface area contributed by atoms with Crippen molar-refractivity contribution in [2.45, 2.75) is 17.7 Å². The van der Waals surface area contributed by atoms with Crippen molar-refractivity contribution in [3.05, 3.63) is 81.4 Å². The predicted octanol–water partition coefficient (Wildman–Crippen LogP) is 4.50. The van der Waals surface area contributed by atoms with Crippen molar-refractivity contribution < 1.29 is 4.74 Å². The number of rotatable bonds is 5. The van der Waals surface area contributed by atoms with Crippen LogP contribution in [0.5, 0.6) is 5.75 Å². The second kappa shape index (κ2) is 7.76. The Balaban J connectivity index is 1.89. The molecule has 1 aromatic heterocycles. The second-order valence-electron chi connectivity index (χ2n) is 5.44. The van der Waals surface area contributed by atoms with Crippen LogP contribution in [0.1, 0.15) is 11.1 Å². The summed E-state index contributed by atoms with van der Waals surface area (Å²) >= 11 is 7.60. The second-order valence-corrected chi connectivity index (χ2v) is 6.81. The van der Waals surface area contributed by atoms with Crippen LogP contribution in [0.2, 0.25) is 5.02 Å². The normalized spacial score (nSPS) is 10.7. The van der Waals surface area contributed by atoms with Crippen molar-refractivity contribution >= 4 is 23.4 Å². The maximum absolute atomic E-state index is 12.7. The van der Waals surface area contributed by atoms with E-state index in [1.807, 2.05) is 12.1 Å². The first-order valence-electron chi connectivity index (χ1n) is 7.69. The van der Waals surface area contributed by atoms with Crippen LogP contribution in [0.15, 0.2) is 64.7 Å². The standard InChI is InChI=1S/C19H17ClN2O2S/c1-13-5-3-4-6-14(13)12-25-18-19(23)22(10-9-21-18)15-7-8-17(24-2)16(20)11-15/h3-11H,12H2,1-2H3. The van der Waals surface area contributed by atoms with Crippen LogP contribution in [0.25, 0.3) is 5.69 Å². The fraction of sp³-hybridized carbons (Fsp3) is 0.158. The van der Waals surface area contributed by atoms with E-state index < -0.39 is 0 Å². The average Bonchev–Trinajstić information content (AvgIpc) is 2.62. The Morgan fingerprint density at radius 1 is 1.24 bits per heavy atom. The van der Waals surface area contributed by atoms with Gasteiger partial charge in [-0.25, -0.2) is 4.98 Å². The molecule has 0 unspecified atom stereocenters. The van der Waals surface area contributed by atoms with Crippen molar-refractivity contribution in [2.75, 3.05) is 7.11 Å². The molecule has 1 heterocycles. The Bertz CT molecular complexity index is 956. The molecule has 0 bridgehead atoms.